The number of aryl methyl sites for hydroxylation is 1. The molecule has 0 unspecified atom stereocenters. The second-order valence-corrected chi connectivity index (χ2v) is 2.24. The predicted octanol–water partition coefficient (Wildman–Crippen LogP) is 0.952. The fourth-order valence-electron chi connectivity index (χ4n) is 0.867. The Bertz CT molecular complexity index is 280. The Labute approximate surface area is 84.1 Å². The van der Waals surface area contributed by atoms with Crippen LogP contribution in [0.25, 0.3) is 0 Å². The highest BCUT2D eigenvalue weighted by atomic mass is 16.3. The first-order valence-electron chi connectivity index (χ1n) is 4.65. The van der Waals surface area contributed by atoms with Gasteiger partial charge in [-0.25, -0.2) is 5.84 Å². The molecule has 5 N–H and O–H groups in total. The van der Waals surface area contributed by atoms with Crippen molar-refractivity contribution in [2.75, 3.05) is 0 Å². The van der Waals surface area contributed by atoms with Gasteiger partial charge in [-0.05, 0) is 12.1 Å². The number of hydrazone groups is 1. The standard InChI is InChI=1S/C7H12N4O.C2H6/c1-2-5-3-4-6(12-5)7(10-8)11-9;1-2/h3-4H,2,8-9H2,1H3,(H,10,11);1-2H3. The third-order valence-corrected chi connectivity index (χ3v) is 1.51. The molecule has 14 heavy (non-hydrogen) atoms. The zero-order chi connectivity index (χ0) is 11.0. The summed E-state index contributed by atoms with van der Waals surface area (Å²) in [5.41, 5.74) is 2.34. The van der Waals surface area contributed by atoms with E-state index in [1.54, 1.807) is 6.07 Å². The summed E-state index contributed by atoms with van der Waals surface area (Å²) >= 11 is 0. The molecular weight excluding hydrogens is 180 g/mol. The van der Waals surface area contributed by atoms with E-state index in [9.17, 15) is 0 Å². The molecular formula is C9H18N4O. The Balaban J connectivity index is 0.000000791. The molecule has 1 aromatic heterocycles. The van der Waals surface area contributed by atoms with Crippen molar-refractivity contribution in [1.29, 1.82) is 0 Å². The number of nitrogens with two attached hydrogens (primary N) is 2. The Morgan fingerprint density at radius 2 is 2.14 bits per heavy atom. The van der Waals surface area contributed by atoms with Gasteiger partial charge in [0.15, 0.2) is 5.76 Å². The molecule has 0 bridgehead atoms. The minimum Gasteiger partial charge on any atom is -0.458 e. The van der Waals surface area contributed by atoms with Crippen molar-refractivity contribution in [2.45, 2.75) is 27.2 Å². The van der Waals surface area contributed by atoms with Crippen LogP contribution in [0.2, 0.25) is 0 Å². The largest absolute Gasteiger partial charge is 0.458 e. The zero-order valence-corrected chi connectivity index (χ0v) is 8.87. The fourth-order valence-corrected chi connectivity index (χ4v) is 0.867. The van der Waals surface area contributed by atoms with E-state index in [0.29, 0.717) is 11.6 Å². The highest BCUT2D eigenvalue weighted by Gasteiger charge is 2.05. The number of hydrazine groups is 1. The molecule has 0 saturated heterocycles. The van der Waals surface area contributed by atoms with E-state index < -0.39 is 0 Å². The SMILES string of the molecule is CC.CCc1ccc(/C(=N/N)NN)o1. The number of hydrogen-bond donors (Lipinski definition) is 3. The van der Waals surface area contributed by atoms with E-state index in [4.69, 9.17) is 16.1 Å². The molecule has 0 aliphatic rings. The Morgan fingerprint density at radius 1 is 1.50 bits per heavy atom. The molecule has 5 heteroatoms. The van der Waals surface area contributed by atoms with Crippen LogP contribution in [0, 0.1) is 0 Å². The molecule has 0 radical (unpaired) electrons. The maximum absolute atomic E-state index is 5.32. The molecule has 0 aliphatic carbocycles. The number of hydrogen-bond acceptors (Lipinski definition) is 4. The van der Waals surface area contributed by atoms with Crippen molar-refractivity contribution < 1.29 is 4.42 Å². The van der Waals surface area contributed by atoms with Crippen LogP contribution in [-0.4, -0.2) is 5.84 Å². The fraction of sp³-hybridized carbons (Fsp3) is 0.444. The second-order valence-electron chi connectivity index (χ2n) is 2.24. The topological polar surface area (TPSA) is 89.6 Å². The van der Waals surface area contributed by atoms with E-state index in [2.05, 4.69) is 10.5 Å². The Morgan fingerprint density at radius 3 is 2.50 bits per heavy atom. The van der Waals surface area contributed by atoms with Crippen LogP contribution in [0.4, 0.5) is 0 Å². The summed E-state index contributed by atoms with van der Waals surface area (Å²) in [6.07, 6.45) is 0.836. The lowest BCUT2D eigenvalue weighted by atomic mass is 10.3. The lowest BCUT2D eigenvalue weighted by Gasteiger charge is -1.98. The van der Waals surface area contributed by atoms with Crippen LogP contribution in [0.1, 0.15) is 32.3 Å². The van der Waals surface area contributed by atoms with Gasteiger partial charge in [0.25, 0.3) is 0 Å². The summed E-state index contributed by atoms with van der Waals surface area (Å²) in [6, 6.07) is 3.63. The van der Waals surface area contributed by atoms with Crippen LogP contribution >= 0.6 is 0 Å². The third kappa shape index (κ3) is 3.10. The van der Waals surface area contributed by atoms with Crippen molar-refractivity contribution in [2.24, 2.45) is 16.8 Å². The lowest BCUT2D eigenvalue weighted by molar-refractivity contribution is 0.505. The number of nitrogens with zero attached hydrogens (tertiary/aromatic N) is 1. The minimum absolute atomic E-state index is 0.342. The van der Waals surface area contributed by atoms with E-state index in [0.717, 1.165) is 12.2 Å². The maximum Gasteiger partial charge on any atom is 0.202 e. The van der Waals surface area contributed by atoms with Gasteiger partial charge >= 0.3 is 0 Å². The van der Waals surface area contributed by atoms with Crippen molar-refractivity contribution in [3.63, 3.8) is 0 Å². The van der Waals surface area contributed by atoms with Crippen LogP contribution in [0.3, 0.4) is 0 Å². The van der Waals surface area contributed by atoms with E-state index >= 15 is 0 Å². The van der Waals surface area contributed by atoms with Crippen molar-refractivity contribution in [3.05, 3.63) is 23.7 Å². The zero-order valence-electron chi connectivity index (χ0n) is 8.87. The predicted molar refractivity (Wildman–Crippen MR) is 57.5 cm³/mol. The van der Waals surface area contributed by atoms with Gasteiger partial charge in [0.1, 0.15) is 5.76 Å². The molecule has 0 fully saturated rings. The molecule has 80 valence electrons. The minimum atomic E-state index is 0.342. The summed E-state index contributed by atoms with van der Waals surface area (Å²) < 4.78 is 5.32. The average molecular weight is 198 g/mol. The van der Waals surface area contributed by atoms with Crippen LogP contribution < -0.4 is 17.1 Å². The highest BCUT2D eigenvalue weighted by molar-refractivity contribution is 5.95. The Hall–Kier alpha value is -1.49. The van der Waals surface area contributed by atoms with Gasteiger partial charge in [-0.15, -0.1) is 0 Å². The van der Waals surface area contributed by atoms with Gasteiger partial charge in [-0.1, -0.05) is 20.8 Å². The summed E-state index contributed by atoms with van der Waals surface area (Å²) in [7, 11) is 0. The third-order valence-electron chi connectivity index (χ3n) is 1.51. The van der Waals surface area contributed by atoms with E-state index in [-0.39, 0.29) is 0 Å². The van der Waals surface area contributed by atoms with Gasteiger partial charge in [0.2, 0.25) is 5.84 Å². The van der Waals surface area contributed by atoms with Gasteiger partial charge < -0.3 is 15.7 Å². The molecule has 1 heterocycles. The molecule has 0 aromatic carbocycles. The first-order chi connectivity index (χ1) is 6.81. The molecule has 0 spiro atoms. The first-order valence-corrected chi connectivity index (χ1v) is 4.65. The number of amidine groups is 1. The molecule has 1 aromatic rings. The average Bonchev–Trinajstić information content (AvgIpc) is 2.71. The molecule has 5 nitrogen and oxygen atoms in total. The summed E-state index contributed by atoms with van der Waals surface area (Å²) in [6.45, 7) is 6.00. The molecule has 1 rings (SSSR count). The Kier molecular flexibility index (Phi) is 6.22. The quantitative estimate of drug-likeness (QED) is 0.286. The lowest BCUT2D eigenvalue weighted by Crippen LogP contribution is -2.31. The number of nitrogens with one attached hydrogen (secondary N) is 1. The molecule has 0 saturated carbocycles. The van der Waals surface area contributed by atoms with Crippen LogP contribution in [0.15, 0.2) is 21.7 Å². The van der Waals surface area contributed by atoms with Crippen molar-refractivity contribution in [3.8, 4) is 0 Å². The van der Waals surface area contributed by atoms with E-state index in [1.807, 2.05) is 26.8 Å². The molecule has 0 aliphatic heterocycles. The number of rotatable bonds is 2. The van der Waals surface area contributed by atoms with Gasteiger partial charge in [-0.2, -0.15) is 5.10 Å². The van der Waals surface area contributed by atoms with Gasteiger partial charge in [0.05, 0.1) is 0 Å². The van der Waals surface area contributed by atoms with Gasteiger partial charge in [-0.3, -0.25) is 0 Å². The van der Waals surface area contributed by atoms with Crippen LogP contribution in [-0.2, 0) is 6.42 Å². The summed E-state index contributed by atoms with van der Waals surface area (Å²) in [4.78, 5) is 0. The normalized spacial score (nSPS) is 10.4. The summed E-state index contributed by atoms with van der Waals surface area (Å²) in [5.74, 6) is 12.0. The van der Waals surface area contributed by atoms with Crippen molar-refractivity contribution >= 4 is 5.84 Å². The van der Waals surface area contributed by atoms with Crippen LogP contribution in [0.5, 0.6) is 0 Å². The van der Waals surface area contributed by atoms with Gasteiger partial charge in [0, 0.05) is 6.42 Å². The summed E-state index contributed by atoms with van der Waals surface area (Å²) in [5, 5.41) is 3.41. The first kappa shape index (κ1) is 12.5. The second kappa shape index (κ2) is 6.97. The monoisotopic (exact) mass is 198 g/mol. The van der Waals surface area contributed by atoms with Crippen molar-refractivity contribution in [1.82, 2.24) is 5.43 Å². The smallest absolute Gasteiger partial charge is 0.202 e. The highest BCUT2D eigenvalue weighted by Crippen LogP contribution is 2.07. The van der Waals surface area contributed by atoms with E-state index in [1.165, 1.54) is 0 Å². The maximum atomic E-state index is 5.32. The number of furan rings is 1. The molecule has 0 amide bonds. The molecule has 0 atom stereocenters.